The SMILES string of the molecule is Cc1ccc(-n2c(=O)c3ccccc3n3c(SCC(=O)Nc4cccc(Cl)c4C)nnc23)cc1. The predicted octanol–water partition coefficient (Wildman–Crippen LogP) is 5.03. The van der Waals surface area contributed by atoms with Gasteiger partial charge in [0.2, 0.25) is 11.7 Å². The number of nitrogens with one attached hydrogen (secondary N) is 1. The maximum atomic E-state index is 13.4. The second-order valence-electron chi connectivity index (χ2n) is 7.86. The highest BCUT2D eigenvalue weighted by molar-refractivity contribution is 7.99. The van der Waals surface area contributed by atoms with Gasteiger partial charge in [-0.25, -0.2) is 4.57 Å². The van der Waals surface area contributed by atoms with Gasteiger partial charge < -0.3 is 5.32 Å². The van der Waals surface area contributed by atoms with Crippen LogP contribution in [0.3, 0.4) is 0 Å². The van der Waals surface area contributed by atoms with Crippen LogP contribution in [0.5, 0.6) is 0 Å². The fraction of sp³-hybridized carbons (Fsp3) is 0.120. The molecule has 0 aliphatic heterocycles. The number of anilines is 1. The van der Waals surface area contributed by atoms with Crippen LogP contribution in [0.25, 0.3) is 22.4 Å². The molecule has 0 aliphatic carbocycles. The molecule has 3 aromatic carbocycles. The molecule has 2 heterocycles. The van der Waals surface area contributed by atoms with Gasteiger partial charge >= 0.3 is 0 Å². The van der Waals surface area contributed by atoms with Crippen LogP contribution in [0.1, 0.15) is 11.1 Å². The van der Waals surface area contributed by atoms with Crippen LogP contribution in [-0.2, 0) is 4.79 Å². The predicted molar refractivity (Wildman–Crippen MR) is 136 cm³/mol. The minimum Gasteiger partial charge on any atom is -0.325 e. The highest BCUT2D eigenvalue weighted by atomic mass is 35.5. The minimum atomic E-state index is -0.191. The fourth-order valence-corrected chi connectivity index (χ4v) is 4.67. The van der Waals surface area contributed by atoms with Gasteiger partial charge in [0.25, 0.3) is 5.56 Å². The molecule has 1 amide bonds. The summed E-state index contributed by atoms with van der Waals surface area (Å²) in [6.45, 7) is 3.85. The molecular formula is C25H20ClN5O2S. The number of fused-ring (bicyclic) bond motifs is 3. The normalized spacial score (nSPS) is 11.3. The molecule has 0 radical (unpaired) electrons. The van der Waals surface area contributed by atoms with Crippen LogP contribution in [0, 0.1) is 13.8 Å². The third-order valence-corrected chi connectivity index (χ3v) is 6.90. The van der Waals surface area contributed by atoms with Gasteiger partial charge in [-0.3, -0.25) is 14.0 Å². The van der Waals surface area contributed by atoms with E-state index in [2.05, 4.69) is 15.5 Å². The zero-order valence-electron chi connectivity index (χ0n) is 18.4. The number of carbonyl (C=O) groups excluding carboxylic acids is 1. The number of thioether (sulfide) groups is 1. The van der Waals surface area contributed by atoms with Crippen molar-refractivity contribution >= 4 is 51.6 Å². The van der Waals surface area contributed by atoms with Crippen LogP contribution in [0.15, 0.2) is 76.7 Å². The Morgan fingerprint density at radius 2 is 1.76 bits per heavy atom. The number of rotatable bonds is 5. The number of hydrogen-bond donors (Lipinski definition) is 1. The Balaban J connectivity index is 1.54. The summed E-state index contributed by atoms with van der Waals surface area (Å²) in [5.74, 6) is 0.314. The highest BCUT2D eigenvalue weighted by Gasteiger charge is 2.19. The quantitative estimate of drug-likeness (QED) is 0.350. The Morgan fingerprint density at radius 3 is 2.56 bits per heavy atom. The van der Waals surface area contributed by atoms with Gasteiger partial charge in [-0.2, -0.15) is 0 Å². The second kappa shape index (κ2) is 8.96. The topological polar surface area (TPSA) is 81.3 Å². The summed E-state index contributed by atoms with van der Waals surface area (Å²) >= 11 is 7.41. The second-order valence-corrected chi connectivity index (χ2v) is 9.21. The van der Waals surface area contributed by atoms with Crippen molar-refractivity contribution in [2.75, 3.05) is 11.1 Å². The van der Waals surface area contributed by atoms with E-state index in [1.165, 1.54) is 11.8 Å². The Morgan fingerprint density at radius 1 is 1.00 bits per heavy atom. The van der Waals surface area contributed by atoms with E-state index in [9.17, 15) is 9.59 Å². The van der Waals surface area contributed by atoms with Crippen molar-refractivity contribution in [1.82, 2.24) is 19.2 Å². The van der Waals surface area contributed by atoms with Crippen molar-refractivity contribution in [3.8, 4) is 5.69 Å². The molecular weight excluding hydrogens is 470 g/mol. The summed E-state index contributed by atoms with van der Waals surface area (Å²) in [5.41, 5.74) is 3.78. The number of carbonyl (C=O) groups is 1. The van der Waals surface area contributed by atoms with E-state index < -0.39 is 0 Å². The molecule has 9 heteroatoms. The maximum Gasteiger partial charge on any atom is 0.267 e. The lowest BCUT2D eigenvalue weighted by molar-refractivity contribution is -0.113. The van der Waals surface area contributed by atoms with Crippen LogP contribution in [0.4, 0.5) is 5.69 Å². The Labute approximate surface area is 204 Å². The number of halogens is 1. The molecule has 5 aromatic rings. The van der Waals surface area contributed by atoms with Crippen molar-refractivity contribution in [3.05, 3.63) is 93.2 Å². The first kappa shape index (κ1) is 22.2. The molecule has 7 nitrogen and oxygen atoms in total. The van der Waals surface area contributed by atoms with E-state index >= 15 is 0 Å². The summed E-state index contributed by atoms with van der Waals surface area (Å²) < 4.78 is 3.37. The van der Waals surface area contributed by atoms with E-state index in [0.29, 0.717) is 38.2 Å². The highest BCUT2D eigenvalue weighted by Crippen LogP contribution is 2.25. The molecule has 170 valence electrons. The van der Waals surface area contributed by atoms with Gasteiger partial charge in [0.15, 0.2) is 5.16 Å². The lowest BCUT2D eigenvalue weighted by Gasteiger charge is -2.12. The minimum absolute atomic E-state index is 0.116. The molecule has 34 heavy (non-hydrogen) atoms. The number of benzene rings is 3. The molecule has 0 aliphatic rings. The van der Waals surface area contributed by atoms with Crippen molar-refractivity contribution < 1.29 is 4.79 Å². The Bertz CT molecular complexity index is 1610. The van der Waals surface area contributed by atoms with Crippen LogP contribution in [-0.4, -0.2) is 30.8 Å². The Hall–Kier alpha value is -3.62. The first-order valence-electron chi connectivity index (χ1n) is 10.6. The smallest absolute Gasteiger partial charge is 0.267 e. The summed E-state index contributed by atoms with van der Waals surface area (Å²) in [6, 6.07) is 20.4. The van der Waals surface area contributed by atoms with Gasteiger partial charge in [0.1, 0.15) is 0 Å². The molecule has 0 spiro atoms. The molecule has 0 fully saturated rings. The largest absolute Gasteiger partial charge is 0.325 e. The van der Waals surface area contributed by atoms with Gasteiger partial charge in [0, 0.05) is 10.7 Å². The Kier molecular flexibility index (Phi) is 5.85. The lowest BCUT2D eigenvalue weighted by Crippen LogP contribution is -2.22. The monoisotopic (exact) mass is 489 g/mol. The number of aryl methyl sites for hydroxylation is 1. The fourth-order valence-electron chi connectivity index (χ4n) is 3.76. The number of aromatic nitrogens is 4. The third-order valence-electron chi connectivity index (χ3n) is 5.56. The van der Waals surface area contributed by atoms with Gasteiger partial charge in [0.05, 0.1) is 22.3 Å². The van der Waals surface area contributed by atoms with E-state index in [1.54, 1.807) is 22.8 Å². The van der Waals surface area contributed by atoms with Gasteiger partial charge in [-0.15, -0.1) is 10.2 Å². The average Bonchev–Trinajstić information content (AvgIpc) is 3.26. The van der Waals surface area contributed by atoms with E-state index in [0.717, 1.165) is 11.1 Å². The van der Waals surface area contributed by atoms with Gasteiger partial charge in [-0.1, -0.05) is 59.3 Å². The van der Waals surface area contributed by atoms with Crippen molar-refractivity contribution in [2.45, 2.75) is 19.0 Å². The zero-order valence-corrected chi connectivity index (χ0v) is 20.0. The average molecular weight is 490 g/mol. The summed E-state index contributed by atoms with van der Waals surface area (Å²) in [6.07, 6.45) is 0. The van der Waals surface area contributed by atoms with Crippen molar-refractivity contribution in [1.29, 1.82) is 0 Å². The molecule has 2 aromatic heterocycles. The summed E-state index contributed by atoms with van der Waals surface area (Å²) in [4.78, 5) is 26.0. The van der Waals surface area contributed by atoms with Crippen LogP contribution >= 0.6 is 23.4 Å². The number of para-hydroxylation sites is 1. The maximum absolute atomic E-state index is 13.4. The first-order chi connectivity index (χ1) is 16.4. The molecule has 0 saturated heterocycles. The van der Waals surface area contributed by atoms with E-state index in [4.69, 9.17) is 11.6 Å². The summed E-state index contributed by atoms with van der Waals surface area (Å²) in [7, 11) is 0. The standard InChI is InChI=1S/C25H20ClN5O2S/c1-15-10-12-17(13-11-15)30-23(33)18-6-3-4-9-21(18)31-24(30)28-29-25(31)34-14-22(32)27-20-8-5-7-19(26)16(20)2/h3-13H,14H2,1-2H3,(H,27,32). The number of nitrogens with zero attached hydrogens (tertiary/aromatic N) is 4. The molecule has 0 atom stereocenters. The first-order valence-corrected chi connectivity index (χ1v) is 11.9. The third kappa shape index (κ3) is 3.95. The number of amides is 1. The van der Waals surface area contributed by atoms with E-state index in [1.807, 2.05) is 66.8 Å². The van der Waals surface area contributed by atoms with Gasteiger partial charge in [-0.05, 0) is 55.8 Å². The van der Waals surface area contributed by atoms with Crippen LogP contribution in [0.2, 0.25) is 5.02 Å². The lowest BCUT2D eigenvalue weighted by atomic mass is 10.2. The number of hydrogen-bond acceptors (Lipinski definition) is 5. The van der Waals surface area contributed by atoms with Crippen LogP contribution < -0.4 is 10.9 Å². The molecule has 5 rings (SSSR count). The molecule has 0 saturated carbocycles. The molecule has 0 bridgehead atoms. The molecule has 0 unspecified atom stereocenters. The molecule has 1 N–H and O–H groups in total. The zero-order chi connectivity index (χ0) is 23.8. The summed E-state index contributed by atoms with van der Waals surface area (Å²) in [5, 5.41) is 13.2. The van der Waals surface area contributed by atoms with E-state index in [-0.39, 0.29) is 17.2 Å². The van der Waals surface area contributed by atoms with Crippen molar-refractivity contribution in [3.63, 3.8) is 0 Å². The van der Waals surface area contributed by atoms with Crippen molar-refractivity contribution in [2.24, 2.45) is 0 Å².